The molecule has 0 unspecified atom stereocenters. The van der Waals surface area contributed by atoms with Crippen molar-refractivity contribution in [2.45, 2.75) is 6.54 Å². The summed E-state index contributed by atoms with van der Waals surface area (Å²) in [6, 6.07) is 13.2. The summed E-state index contributed by atoms with van der Waals surface area (Å²) in [5.41, 5.74) is 1.33. The lowest BCUT2D eigenvalue weighted by molar-refractivity contribution is 0.0982. The second-order valence-electron chi connectivity index (χ2n) is 6.18. The Kier molecular flexibility index (Phi) is 5.42. The fourth-order valence-corrected chi connectivity index (χ4v) is 4.06. The minimum Gasteiger partial charge on any atom is -0.496 e. The molecule has 1 amide bonds. The van der Waals surface area contributed by atoms with Crippen LogP contribution in [0.2, 0.25) is 5.02 Å². The van der Waals surface area contributed by atoms with E-state index in [-0.39, 0.29) is 18.0 Å². The van der Waals surface area contributed by atoms with Gasteiger partial charge in [-0.1, -0.05) is 35.1 Å². The molecule has 146 valence electrons. The number of pyridine rings is 1. The molecular formula is C21H15ClFN3O2S. The average molecular weight is 428 g/mol. The molecule has 4 rings (SSSR count). The van der Waals surface area contributed by atoms with Crippen LogP contribution >= 0.6 is 22.9 Å². The number of hydrogen-bond acceptors (Lipinski definition) is 5. The van der Waals surface area contributed by atoms with Gasteiger partial charge in [-0.3, -0.25) is 14.7 Å². The lowest BCUT2D eigenvalue weighted by atomic mass is 10.1. The molecule has 0 radical (unpaired) electrons. The van der Waals surface area contributed by atoms with E-state index in [1.54, 1.807) is 48.8 Å². The number of anilines is 1. The molecule has 2 aromatic carbocycles. The predicted octanol–water partition coefficient (Wildman–Crippen LogP) is 5.34. The van der Waals surface area contributed by atoms with Gasteiger partial charge in [-0.25, -0.2) is 9.37 Å². The number of rotatable bonds is 5. The van der Waals surface area contributed by atoms with Crippen molar-refractivity contribution < 1.29 is 13.9 Å². The fraction of sp³-hybridized carbons (Fsp3) is 0.0952. The molecule has 0 aliphatic carbocycles. The van der Waals surface area contributed by atoms with E-state index in [1.807, 2.05) is 6.07 Å². The van der Waals surface area contributed by atoms with Crippen molar-refractivity contribution >= 4 is 44.2 Å². The number of benzene rings is 2. The van der Waals surface area contributed by atoms with Crippen LogP contribution in [-0.2, 0) is 6.54 Å². The van der Waals surface area contributed by atoms with Crippen molar-refractivity contribution in [1.82, 2.24) is 9.97 Å². The first-order valence-corrected chi connectivity index (χ1v) is 9.85. The number of aromatic nitrogens is 2. The largest absolute Gasteiger partial charge is 0.496 e. The molecule has 0 atom stereocenters. The summed E-state index contributed by atoms with van der Waals surface area (Å²) in [4.78, 5) is 23.5. The number of hydrogen-bond donors (Lipinski definition) is 0. The Morgan fingerprint density at radius 2 is 2.10 bits per heavy atom. The molecule has 0 fully saturated rings. The van der Waals surface area contributed by atoms with Crippen LogP contribution in [0.4, 0.5) is 9.52 Å². The number of amides is 1. The Bertz CT molecular complexity index is 1180. The molecule has 0 bridgehead atoms. The average Bonchev–Trinajstić information content (AvgIpc) is 3.17. The smallest absolute Gasteiger partial charge is 0.264 e. The van der Waals surface area contributed by atoms with Crippen molar-refractivity contribution in [3.8, 4) is 5.75 Å². The SMILES string of the molecule is COc1ccc(Cl)cc1C(=O)N(Cc1cccnc1)c1nc2c(F)cccc2s1. The molecule has 0 aliphatic heterocycles. The molecule has 0 saturated heterocycles. The summed E-state index contributed by atoms with van der Waals surface area (Å²) >= 11 is 7.35. The Labute approximate surface area is 175 Å². The van der Waals surface area contributed by atoms with Crippen molar-refractivity contribution in [3.63, 3.8) is 0 Å². The number of nitrogens with zero attached hydrogens (tertiary/aromatic N) is 3. The minimum atomic E-state index is -0.431. The zero-order chi connectivity index (χ0) is 20.4. The number of carbonyl (C=O) groups excluding carboxylic acids is 1. The maximum Gasteiger partial charge on any atom is 0.264 e. The Morgan fingerprint density at radius 1 is 1.24 bits per heavy atom. The second kappa shape index (κ2) is 8.14. The Hall–Kier alpha value is -3.03. The van der Waals surface area contributed by atoms with Gasteiger partial charge >= 0.3 is 0 Å². The van der Waals surface area contributed by atoms with E-state index in [4.69, 9.17) is 16.3 Å². The van der Waals surface area contributed by atoms with E-state index in [0.29, 0.717) is 26.2 Å². The van der Waals surface area contributed by atoms with Gasteiger partial charge in [-0.05, 0) is 42.0 Å². The fourth-order valence-electron chi connectivity index (χ4n) is 2.91. The minimum absolute atomic E-state index is 0.212. The van der Waals surface area contributed by atoms with Gasteiger partial charge < -0.3 is 4.74 Å². The van der Waals surface area contributed by atoms with E-state index >= 15 is 0 Å². The molecule has 0 N–H and O–H groups in total. The number of methoxy groups -OCH3 is 1. The highest BCUT2D eigenvalue weighted by Crippen LogP contribution is 2.33. The van der Waals surface area contributed by atoms with Crippen LogP contribution in [0.5, 0.6) is 5.75 Å². The van der Waals surface area contributed by atoms with E-state index < -0.39 is 5.82 Å². The van der Waals surface area contributed by atoms with E-state index in [1.165, 1.54) is 29.4 Å². The third kappa shape index (κ3) is 3.92. The van der Waals surface area contributed by atoms with Crippen molar-refractivity contribution in [2.75, 3.05) is 12.0 Å². The molecule has 2 aromatic heterocycles. The number of fused-ring (bicyclic) bond motifs is 1. The van der Waals surface area contributed by atoms with E-state index in [2.05, 4.69) is 9.97 Å². The number of carbonyl (C=O) groups is 1. The van der Waals surface area contributed by atoms with Crippen LogP contribution in [-0.4, -0.2) is 23.0 Å². The topological polar surface area (TPSA) is 55.3 Å². The summed E-state index contributed by atoms with van der Waals surface area (Å²) in [5.74, 6) is -0.394. The Morgan fingerprint density at radius 3 is 2.83 bits per heavy atom. The quantitative estimate of drug-likeness (QED) is 0.431. The standard InChI is InChI=1S/C21H15ClFN3O2S/c1-28-17-8-7-14(22)10-15(17)20(27)26(12-13-4-3-9-24-11-13)21-25-19-16(23)5-2-6-18(19)29-21/h2-11H,12H2,1H3. The number of para-hydroxylation sites is 1. The Balaban J connectivity index is 1.82. The van der Waals surface area contributed by atoms with Crippen LogP contribution in [0, 0.1) is 5.82 Å². The summed E-state index contributed by atoms with van der Waals surface area (Å²) in [6.07, 6.45) is 3.33. The first-order chi connectivity index (χ1) is 14.1. The van der Waals surface area contributed by atoms with Gasteiger partial charge in [-0.2, -0.15) is 0 Å². The predicted molar refractivity (Wildman–Crippen MR) is 112 cm³/mol. The van der Waals surface area contributed by atoms with Gasteiger partial charge in [0.25, 0.3) is 5.91 Å². The molecular weight excluding hydrogens is 413 g/mol. The molecule has 5 nitrogen and oxygen atoms in total. The first-order valence-electron chi connectivity index (χ1n) is 8.66. The normalized spacial score (nSPS) is 10.9. The highest BCUT2D eigenvalue weighted by atomic mass is 35.5. The molecule has 2 heterocycles. The van der Waals surface area contributed by atoms with Gasteiger partial charge in [0.05, 0.1) is 23.9 Å². The first kappa shape index (κ1) is 19.3. The maximum atomic E-state index is 14.2. The number of thiazole rings is 1. The van der Waals surface area contributed by atoms with Crippen molar-refractivity contribution in [1.29, 1.82) is 0 Å². The van der Waals surface area contributed by atoms with Gasteiger partial charge in [0, 0.05) is 17.4 Å². The van der Waals surface area contributed by atoms with Gasteiger partial charge in [0.2, 0.25) is 0 Å². The third-order valence-electron chi connectivity index (χ3n) is 4.29. The third-order valence-corrected chi connectivity index (χ3v) is 5.57. The zero-order valence-corrected chi connectivity index (χ0v) is 16.9. The number of ether oxygens (including phenoxy) is 1. The van der Waals surface area contributed by atoms with Crippen molar-refractivity contribution in [3.05, 3.63) is 82.9 Å². The highest BCUT2D eigenvalue weighted by Gasteiger charge is 2.25. The van der Waals surface area contributed by atoms with Gasteiger partial charge in [0.1, 0.15) is 17.1 Å². The highest BCUT2D eigenvalue weighted by molar-refractivity contribution is 7.22. The molecule has 8 heteroatoms. The van der Waals surface area contributed by atoms with Crippen LogP contribution in [0.1, 0.15) is 15.9 Å². The molecule has 0 spiro atoms. The summed E-state index contributed by atoms with van der Waals surface area (Å²) in [7, 11) is 1.48. The second-order valence-corrected chi connectivity index (χ2v) is 7.63. The zero-order valence-electron chi connectivity index (χ0n) is 15.3. The summed E-state index contributed by atoms with van der Waals surface area (Å²) in [5, 5.41) is 0.784. The maximum absolute atomic E-state index is 14.2. The van der Waals surface area contributed by atoms with E-state index in [9.17, 15) is 9.18 Å². The van der Waals surface area contributed by atoms with Gasteiger partial charge in [0.15, 0.2) is 5.13 Å². The van der Waals surface area contributed by atoms with Crippen LogP contribution in [0.15, 0.2) is 60.9 Å². The lowest BCUT2D eigenvalue weighted by Crippen LogP contribution is -2.30. The summed E-state index contributed by atoms with van der Waals surface area (Å²) < 4.78 is 20.2. The molecule has 4 aromatic rings. The number of halogens is 2. The lowest BCUT2D eigenvalue weighted by Gasteiger charge is -2.21. The van der Waals surface area contributed by atoms with Crippen molar-refractivity contribution in [2.24, 2.45) is 0 Å². The summed E-state index contributed by atoms with van der Waals surface area (Å²) in [6.45, 7) is 0.212. The van der Waals surface area contributed by atoms with E-state index in [0.717, 1.165) is 5.56 Å². The molecule has 0 aliphatic rings. The molecule has 0 saturated carbocycles. The monoisotopic (exact) mass is 427 g/mol. The van der Waals surface area contributed by atoms with Crippen LogP contribution in [0.25, 0.3) is 10.2 Å². The molecule has 29 heavy (non-hydrogen) atoms. The van der Waals surface area contributed by atoms with Crippen LogP contribution < -0.4 is 9.64 Å². The van der Waals surface area contributed by atoms with Gasteiger partial charge in [-0.15, -0.1) is 0 Å². The van der Waals surface area contributed by atoms with Crippen LogP contribution in [0.3, 0.4) is 0 Å².